The summed E-state index contributed by atoms with van der Waals surface area (Å²) < 4.78 is 54.8. The minimum atomic E-state index is -4.46. The largest absolute Gasteiger partial charge is 0.462 e. The normalized spacial score (nSPS) is 23.5. The second-order valence-electron chi connectivity index (χ2n) is 11.6. The third-order valence-corrected chi connectivity index (χ3v) is 9.47. The fourth-order valence-corrected chi connectivity index (χ4v) is 6.98. The monoisotopic (exact) mass is 678 g/mol. The van der Waals surface area contributed by atoms with Crippen molar-refractivity contribution in [2.24, 2.45) is 0 Å². The summed E-state index contributed by atoms with van der Waals surface area (Å²) in [6.45, 7) is 5.81. The predicted octanol–water partition coefficient (Wildman–Crippen LogP) is 4.69. The molecule has 1 unspecified atom stereocenters. The minimum absolute atomic E-state index is 0.198. The number of aliphatic hydroxyl groups is 1. The van der Waals surface area contributed by atoms with Crippen LogP contribution in [0.25, 0.3) is 21.9 Å². The summed E-state index contributed by atoms with van der Waals surface area (Å²) >= 11 is 6.33. The van der Waals surface area contributed by atoms with Crippen LogP contribution in [0.4, 0.5) is 10.2 Å². The lowest BCUT2D eigenvalue weighted by atomic mass is 9.99. The van der Waals surface area contributed by atoms with Crippen LogP contribution in [-0.2, 0) is 23.4 Å². The van der Waals surface area contributed by atoms with Crippen molar-refractivity contribution in [3.8, 4) is 5.75 Å². The molecule has 248 valence electrons. The molecule has 2 aromatic carbocycles. The van der Waals surface area contributed by atoms with Crippen molar-refractivity contribution in [3.63, 3.8) is 0 Å². The van der Waals surface area contributed by atoms with Crippen LogP contribution in [0.1, 0.15) is 32.8 Å². The van der Waals surface area contributed by atoms with Gasteiger partial charge in [0.1, 0.15) is 29.3 Å². The molecule has 3 heterocycles. The number of nitrogens with one attached hydrogen (secondary N) is 1. The Balaban J connectivity index is 1.46. The van der Waals surface area contributed by atoms with Gasteiger partial charge in [-0.2, -0.15) is 5.09 Å². The van der Waals surface area contributed by atoms with Crippen LogP contribution in [0.15, 0.2) is 48.8 Å². The first-order valence-corrected chi connectivity index (χ1v) is 16.7. The summed E-state index contributed by atoms with van der Waals surface area (Å²) in [5, 5.41) is 15.2. The number of carbonyl (C=O) groups is 1. The molecule has 2 N–H and O–H groups in total. The molecule has 4 aromatic rings. The number of aromatic nitrogens is 4. The van der Waals surface area contributed by atoms with E-state index >= 15 is 4.39 Å². The number of nitrogens with zero attached hydrogens (tertiary/aromatic N) is 5. The zero-order valence-corrected chi connectivity index (χ0v) is 27.9. The highest BCUT2D eigenvalue weighted by atomic mass is 35.5. The Kier molecular flexibility index (Phi) is 9.88. The maximum Gasteiger partial charge on any atom is 0.459 e. The summed E-state index contributed by atoms with van der Waals surface area (Å²) in [6.07, 6.45) is -4.34. The quantitative estimate of drug-likeness (QED) is 0.122. The maximum atomic E-state index is 15.9. The zero-order valence-electron chi connectivity index (χ0n) is 26.3. The average molecular weight is 679 g/mol. The third kappa shape index (κ3) is 6.69. The first-order valence-electron chi connectivity index (χ1n) is 14.6. The number of hydrogen-bond acceptors (Lipinski definition) is 11. The first kappa shape index (κ1) is 34.0. The van der Waals surface area contributed by atoms with Crippen LogP contribution in [-0.4, -0.2) is 87.2 Å². The van der Waals surface area contributed by atoms with E-state index in [1.54, 1.807) is 64.0 Å². The maximum absolute atomic E-state index is 15.9. The molecule has 13 nitrogen and oxygen atoms in total. The molecule has 1 aliphatic heterocycles. The zero-order chi connectivity index (χ0) is 33.4. The standard InChI is InChI=1S/C30H37ClFN6O7P/c1-17(2)43-29(40)18(3)36-46(41,45-22-13-9-11-20-10-7-8-12-21(20)22)42-15-30(14-31)25(39)23(32)28(44-30)38-16-33-24-26(37(5)6)34-19(4)35-27(24)38/h7-13,16-18,23,25,28,39H,14-15H2,1-6H3,(H,36,41)/t18-,23+,25+,28-,30-,46?/m1/s1. The molecule has 6 atom stereocenters. The summed E-state index contributed by atoms with van der Waals surface area (Å²) in [4.78, 5) is 27.6. The second-order valence-corrected chi connectivity index (χ2v) is 13.5. The number of ether oxygens (including phenoxy) is 2. The van der Waals surface area contributed by atoms with Crippen LogP contribution >= 0.6 is 19.3 Å². The number of esters is 1. The van der Waals surface area contributed by atoms with Gasteiger partial charge in [0.25, 0.3) is 0 Å². The Hall–Kier alpha value is -3.39. The van der Waals surface area contributed by atoms with E-state index in [1.165, 1.54) is 17.8 Å². The van der Waals surface area contributed by atoms with Crippen LogP contribution in [0, 0.1) is 6.92 Å². The molecule has 0 spiro atoms. The van der Waals surface area contributed by atoms with Crippen LogP contribution in [0.5, 0.6) is 5.75 Å². The SMILES string of the molecule is Cc1nc(N(C)C)c2ncn([C@@H]3O[C@](CCl)(COP(=O)(N[C@H](C)C(=O)OC(C)C)Oc4cccc5ccccc45)[C@@H](O)[C@@H]3F)c2n1. The topological polar surface area (TPSA) is 150 Å². The lowest BCUT2D eigenvalue weighted by molar-refractivity contribution is -0.149. The van der Waals surface area contributed by atoms with Crippen molar-refractivity contribution in [2.45, 2.75) is 63.9 Å². The number of fused-ring (bicyclic) bond motifs is 2. The Morgan fingerprint density at radius 3 is 2.63 bits per heavy atom. The van der Waals surface area contributed by atoms with E-state index in [0.29, 0.717) is 22.5 Å². The highest BCUT2D eigenvalue weighted by molar-refractivity contribution is 7.52. The number of imidazole rings is 1. The fourth-order valence-electron chi connectivity index (χ4n) is 5.12. The lowest BCUT2D eigenvalue weighted by Crippen LogP contribution is -2.48. The van der Waals surface area contributed by atoms with Crippen molar-refractivity contribution in [1.29, 1.82) is 0 Å². The number of halogens is 2. The molecule has 0 saturated carbocycles. The van der Waals surface area contributed by atoms with E-state index in [9.17, 15) is 14.5 Å². The van der Waals surface area contributed by atoms with E-state index in [4.69, 9.17) is 30.1 Å². The van der Waals surface area contributed by atoms with Gasteiger partial charge in [-0.3, -0.25) is 13.9 Å². The van der Waals surface area contributed by atoms with Crippen molar-refractivity contribution in [3.05, 3.63) is 54.6 Å². The molecule has 0 bridgehead atoms. The molecule has 1 fully saturated rings. The molecule has 0 radical (unpaired) electrons. The van der Waals surface area contributed by atoms with Crippen molar-refractivity contribution in [2.75, 3.05) is 31.5 Å². The molecule has 0 aliphatic carbocycles. The fraction of sp³-hybridized carbons (Fsp3) is 0.467. The van der Waals surface area contributed by atoms with Gasteiger partial charge in [-0.15, -0.1) is 11.6 Å². The predicted molar refractivity (Wildman–Crippen MR) is 171 cm³/mol. The summed E-state index contributed by atoms with van der Waals surface area (Å²) in [5.74, 6) is -0.0151. The van der Waals surface area contributed by atoms with Crippen molar-refractivity contribution >= 4 is 53.1 Å². The number of benzene rings is 2. The van der Waals surface area contributed by atoms with Gasteiger partial charge in [-0.1, -0.05) is 36.4 Å². The number of anilines is 1. The summed E-state index contributed by atoms with van der Waals surface area (Å²) in [7, 11) is -0.882. The molecular weight excluding hydrogens is 642 g/mol. The van der Waals surface area contributed by atoms with Gasteiger partial charge in [-0.25, -0.2) is 23.9 Å². The van der Waals surface area contributed by atoms with Crippen LogP contribution in [0.2, 0.25) is 0 Å². The lowest BCUT2D eigenvalue weighted by Gasteiger charge is -2.31. The number of aryl methyl sites for hydroxylation is 1. The third-order valence-electron chi connectivity index (χ3n) is 7.41. The second kappa shape index (κ2) is 13.4. The minimum Gasteiger partial charge on any atom is -0.462 e. The van der Waals surface area contributed by atoms with Crippen molar-refractivity contribution in [1.82, 2.24) is 24.6 Å². The van der Waals surface area contributed by atoms with Crippen LogP contribution in [0.3, 0.4) is 0 Å². The number of rotatable bonds is 12. The number of carbonyl (C=O) groups excluding carboxylic acids is 1. The van der Waals surface area contributed by atoms with E-state index in [0.717, 1.165) is 5.39 Å². The Morgan fingerprint density at radius 2 is 1.93 bits per heavy atom. The van der Waals surface area contributed by atoms with Gasteiger partial charge in [0.2, 0.25) is 0 Å². The molecule has 0 amide bonds. The molecule has 46 heavy (non-hydrogen) atoms. The molecular formula is C30H37ClFN6O7P. The summed E-state index contributed by atoms with van der Waals surface area (Å²) in [6, 6.07) is 11.3. The number of hydrogen-bond donors (Lipinski definition) is 2. The van der Waals surface area contributed by atoms with Gasteiger partial charge in [0.15, 0.2) is 29.4 Å². The molecule has 16 heteroatoms. The Morgan fingerprint density at radius 1 is 1.22 bits per heavy atom. The van der Waals surface area contributed by atoms with Gasteiger partial charge in [0.05, 0.1) is 24.9 Å². The molecule has 5 rings (SSSR count). The smallest absolute Gasteiger partial charge is 0.459 e. The van der Waals surface area contributed by atoms with Crippen LogP contribution < -0.4 is 14.5 Å². The molecule has 2 aromatic heterocycles. The van der Waals surface area contributed by atoms with Crippen molar-refractivity contribution < 1.29 is 37.4 Å². The van der Waals surface area contributed by atoms with E-state index in [2.05, 4.69) is 20.0 Å². The molecule has 1 aliphatic rings. The highest BCUT2D eigenvalue weighted by Crippen LogP contribution is 2.50. The Labute approximate surface area is 270 Å². The van der Waals surface area contributed by atoms with Gasteiger partial charge in [-0.05, 0) is 39.1 Å². The number of alkyl halides is 2. The van der Waals surface area contributed by atoms with E-state index in [-0.39, 0.29) is 11.4 Å². The highest BCUT2D eigenvalue weighted by Gasteiger charge is 2.57. The molecule has 1 saturated heterocycles. The average Bonchev–Trinajstić information content (AvgIpc) is 3.53. The van der Waals surface area contributed by atoms with Gasteiger partial charge >= 0.3 is 13.7 Å². The van der Waals surface area contributed by atoms with Gasteiger partial charge in [0, 0.05) is 19.5 Å². The Bertz CT molecular complexity index is 1770. The van der Waals surface area contributed by atoms with E-state index in [1.807, 2.05) is 18.2 Å². The summed E-state index contributed by atoms with van der Waals surface area (Å²) in [5.41, 5.74) is -1.21. The van der Waals surface area contributed by atoms with Gasteiger partial charge < -0.3 is 24.0 Å². The number of aliphatic hydroxyl groups excluding tert-OH is 1. The first-order chi connectivity index (χ1) is 21.8. The van der Waals surface area contributed by atoms with E-state index < -0.39 is 62.5 Å².